The van der Waals surface area contributed by atoms with E-state index in [0.29, 0.717) is 5.95 Å². The summed E-state index contributed by atoms with van der Waals surface area (Å²) in [5.74, 6) is 1.26. The summed E-state index contributed by atoms with van der Waals surface area (Å²) in [5.41, 5.74) is 6.77. The van der Waals surface area contributed by atoms with E-state index in [-0.39, 0.29) is 0 Å². The second kappa shape index (κ2) is 7.04. The van der Waals surface area contributed by atoms with Gasteiger partial charge in [-0.05, 0) is 19.3 Å². The van der Waals surface area contributed by atoms with Crippen molar-refractivity contribution in [1.29, 1.82) is 0 Å². The lowest BCUT2D eigenvalue weighted by Crippen LogP contribution is -2.08. The van der Waals surface area contributed by atoms with Crippen molar-refractivity contribution < 1.29 is 0 Å². The third-order valence-electron chi connectivity index (χ3n) is 2.51. The van der Waals surface area contributed by atoms with Gasteiger partial charge in [0.2, 0.25) is 5.95 Å². The number of hydrogen-bond donors (Lipinski definition) is 2. The maximum atomic E-state index is 5.60. The monoisotopic (exact) mass is 222 g/mol. The Hall–Kier alpha value is -1.32. The lowest BCUT2D eigenvalue weighted by atomic mass is 10.1. The van der Waals surface area contributed by atoms with Gasteiger partial charge in [0.1, 0.15) is 5.82 Å². The van der Waals surface area contributed by atoms with Crippen molar-refractivity contribution in [2.24, 2.45) is 0 Å². The fourth-order valence-corrected chi connectivity index (χ4v) is 1.51. The lowest BCUT2D eigenvalue weighted by molar-refractivity contribution is 0.783. The fourth-order valence-electron chi connectivity index (χ4n) is 1.51. The van der Waals surface area contributed by atoms with E-state index in [1.54, 1.807) is 0 Å². The summed E-state index contributed by atoms with van der Waals surface area (Å²) in [5, 5.41) is 3.33. The highest BCUT2D eigenvalue weighted by Gasteiger charge is 2.04. The maximum absolute atomic E-state index is 5.60. The summed E-state index contributed by atoms with van der Waals surface area (Å²) in [7, 11) is 0. The van der Waals surface area contributed by atoms with Gasteiger partial charge in [0, 0.05) is 18.3 Å². The topological polar surface area (TPSA) is 63.8 Å². The van der Waals surface area contributed by atoms with Gasteiger partial charge in [0.15, 0.2) is 0 Å². The Morgan fingerprint density at radius 2 is 2.00 bits per heavy atom. The zero-order valence-electron chi connectivity index (χ0n) is 10.3. The molecule has 16 heavy (non-hydrogen) atoms. The Balaban J connectivity index is 2.65. The van der Waals surface area contributed by atoms with Crippen molar-refractivity contribution >= 4 is 11.8 Å². The predicted molar refractivity (Wildman–Crippen MR) is 68.5 cm³/mol. The average molecular weight is 222 g/mol. The summed E-state index contributed by atoms with van der Waals surface area (Å²) >= 11 is 0. The molecule has 0 aliphatic heterocycles. The number of hydrogen-bond acceptors (Lipinski definition) is 4. The summed E-state index contributed by atoms with van der Waals surface area (Å²) < 4.78 is 0. The summed E-state index contributed by atoms with van der Waals surface area (Å²) in [6, 6.07) is 0. The van der Waals surface area contributed by atoms with Crippen molar-refractivity contribution in [2.75, 3.05) is 17.6 Å². The van der Waals surface area contributed by atoms with Crippen molar-refractivity contribution in [3.63, 3.8) is 0 Å². The van der Waals surface area contributed by atoms with Crippen molar-refractivity contribution in [1.82, 2.24) is 9.97 Å². The van der Waals surface area contributed by atoms with E-state index < -0.39 is 0 Å². The Bertz CT molecular complexity index is 312. The first-order valence-electron chi connectivity index (χ1n) is 6.13. The van der Waals surface area contributed by atoms with E-state index in [1.165, 1.54) is 18.4 Å². The molecule has 0 bridgehead atoms. The quantitative estimate of drug-likeness (QED) is 0.696. The molecule has 0 aromatic carbocycles. The molecule has 0 aliphatic carbocycles. The lowest BCUT2D eigenvalue weighted by Gasteiger charge is -2.10. The minimum atomic E-state index is 0.347. The number of unbranched alkanes of at least 4 members (excludes halogenated alkanes) is 2. The van der Waals surface area contributed by atoms with Crippen molar-refractivity contribution in [2.45, 2.75) is 46.0 Å². The van der Waals surface area contributed by atoms with Crippen LogP contribution in [0, 0.1) is 0 Å². The first-order valence-corrected chi connectivity index (χ1v) is 6.13. The van der Waals surface area contributed by atoms with Crippen molar-refractivity contribution in [3.05, 3.63) is 11.8 Å². The van der Waals surface area contributed by atoms with Crippen LogP contribution in [0.4, 0.5) is 11.8 Å². The number of nitrogens with zero attached hydrogens (tertiary/aromatic N) is 2. The standard InChI is InChI=1S/C12H22N4/c1-3-5-7-10-9-15-12(13)16-11(10)14-8-6-4-2/h9H,3-8H2,1-2H3,(H3,13,14,15,16). The van der Waals surface area contributed by atoms with E-state index in [2.05, 4.69) is 29.1 Å². The smallest absolute Gasteiger partial charge is 0.221 e. The van der Waals surface area contributed by atoms with Gasteiger partial charge in [-0.25, -0.2) is 4.98 Å². The molecule has 4 heteroatoms. The molecule has 1 aromatic heterocycles. The van der Waals surface area contributed by atoms with E-state index in [1.807, 2.05) is 6.20 Å². The molecule has 0 radical (unpaired) electrons. The van der Waals surface area contributed by atoms with Gasteiger partial charge >= 0.3 is 0 Å². The Labute approximate surface area is 97.7 Å². The van der Waals surface area contributed by atoms with Crippen LogP contribution < -0.4 is 11.1 Å². The van der Waals surface area contributed by atoms with Crippen LogP contribution >= 0.6 is 0 Å². The van der Waals surface area contributed by atoms with Gasteiger partial charge in [0.25, 0.3) is 0 Å². The number of aryl methyl sites for hydroxylation is 1. The summed E-state index contributed by atoms with van der Waals surface area (Å²) in [6.07, 6.45) is 7.53. The van der Waals surface area contributed by atoms with Gasteiger partial charge < -0.3 is 11.1 Å². The first-order chi connectivity index (χ1) is 7.77. The Morgan fingerprint density at radius 3 is 2.69 bits per heavy atom. The average Bonchev–Trinajstić information content (AvgIpc) is 2.28. The van der Waals surface area contributed by atoms with E-state index in [9.17, 15) is 0 Å². The maximum Gasteiger partial charge on any atom is 0.221 e. The third-order valence-corrected chi connectivity index (χ3v) is 2.51. The highest BCUT2D eigenvalue weighted by molar-refractivity contribution is 5.45. The number of nitrogens with one attached hydrogen (secondary N) is 1. The molecule has 0 unspecified atom stereocenters. The molecule has 0 fully saturated rings. The van der Waals surface area contributed by atoms with Crippen LogP contribution in [0.5, 0.6) is 0 Å². The number of nitrogens with two attached hydrogens (primary N) is 1. The largest absolute Gasteiger partial charge is 0.370 e. The molecule has 0 spiro atoms. The van der Waals surface area contributed by atoms with Crippen LogP contribution in [0.1, 0.15) is 45.1 Å². The van der Waals surface area contributed by atoms with Crippen LogP contribution in [0.25, 0.3) is 0 Å². The van der Waals surface area contributed by atoms with Gasteiger partial charge in [-0.2, -0.15) is 4.98 Å². The predicted octanol–water partition coefficient (Wildman–Crippen LogP) is 2.61. The van der Waals surface area contributed by atoms with Gasteiger partial charge in [-0.3, -0.25) is 0 Å². The number of anilines is 2. The minimum Gasteiger partial charge on any atom is -0.370 e. The zero-order valence-corrected chi connectivity index (χ0v) is 10.3. The molecule has 90 valence electrons. The van der Waals surface area contributed by atoms with Crippen LogP contribution in [0.2, 0.25) is 0 Å². The fraction of sp³-hybridized carbons (Fsp3) is 0.667. The van der Waals surface area contributed by atoms with Gasteiger partial charge in [0.05, 0.1) is 0 Å². The Morgan fingerprint density at radius 1 is 1.25 bits per heavy atom. The zero-order chi connectivity index (χ0) is 11.8. The summed E-state index contributed by atoms with van der Waals surface area (Å²) in [4.78, 5) is 8.30. The highest BCUT2D eigenvalue weighted by Crippen LogP contribution is 2.15. The van der Waals surface area contributed by atoms with Crippen LogP contribution in [-0.4, -0.2) is 16.5 Å². The van der Waals surface area contributed by atoms with Crippen LogP contribution in [0.15, 0.2) is 6.20 Å². The number of rotatable bonds is 7. The van der Waals surface area contributed by atoms with E-state index in [4.69, 9.17) is 5.73 Å². The molecular weight excluding hydrogens is 200 g/mol. The van der Waals surface area contributed by atoms with Crippen molar-refractivity contribution in [3.8, 4) is 0 Å². The van der Waals surface area contributed by atoms with Gasteiger partial charge in [-0.1, -0.05) is 26.7 Å². The SMILES string of the molecule is CCCCNc1nc(N)ncc1CCCC. The molecule has 1 rings (SSSR count). The third kappa shape index (κ3) is 4.04. The molecule has 1 heterocycles. The van der Waals surface area contributed by atoms with Gasteiger partial charge in [-0.15, -0.1) is 0 Å². The molecule has 0 saturated carbocycles. The molecule has 4 nitrogen and oxygen atoms in total. The molecule has 3 N–H and O–H groups in total. The number of aromatic nitrogens is 2. The Kier molecular flexibility index (Phi) is 5.61. The van der Waals surface area contributed by atoms with E-state index >= 15 is 0 Å². The first kappa shape index (κ1) is 12.7. The highest BCUT2D eigenvalue weighted by atomic mass is 15.1. The molecule has 1 aromatic rings. The normalized spacial score (nSPS) is 10.4. The van der Waals surface area contributed by atoms with Crippen LogP contribution in [0.3, 0.4) is 0 Å². The molecule has 0 aliphatic rings. The second-order valence-corrected chi connectivity index (χ2v) is 3.99. The molecule has 0 atom stereocenters. The molecular formula is C12H22N4. The molecule has 0 amide bonds. The number of nitrogen functional groups attached to an aromatic ring is 1. The van der Waals surface area contributed by atoms with E-state index in [0.717, 1.165) is 31.6 Å². The minimum absolute atomic E-state index is 0.347. The summed E-state index contributed by atoms with van der Waals surface area (Å²) in [6.45, 7) is 5.31. The molecule has 0 saturated heterocycles. The van der Waals surface area contributed by atoms with Crippen LogP contribution in [-0.2, 0) is 6.42 Å². The second-order valence-electron chi connectivity index (χ2n) is 3.99.